The topological polar surface area (TPSA) is 147 Å². The summed E-state index contributed by atoms with van der Waals surface area (Å²) >= 11 is 3.10. The third kappa shape index (κ3) is 4.88. The van der Waals surface area contributed by atoms with Gasteiger partial charge in [-0.2, -0.15) is 0 Å². The van der Waals surface area contributed by atoms with E-state index in [1.165, 1.54) is 18.2 Å². The molecule has 0 unspecified atom stereocenters. The second kappa shape index (κ2) is 9.61. The summed E-state index contributed by atoms with van der Waals surface area (Å²) < 4.78 is 20.1. The quantitative estimate of drug-likeness (QED) is 0.163. The van der Waals surface area contributed by atoms with Gasteiger partial charge in [0.1, 0.15) is 17.1 Å². The van der Waals surface area contributed by atoms with Gasteiger partial charge in [-0.1, -0.05) is 29.6 Å². The normalized spacial score (nSPS) is 16.2. The molecule has 4 rings (SSSR count). The molecule has 2 heterocycles. The summed E-state index contributed by atoms with van der Waals surface area (Å²) in [6.45, 7) is 0.836. The van der Waals surface area contributed by atoms with Crippen LogP contribution in [0.3, 0.4) is 0 Å². The minimum absolute atomic E-state index is 0.0326. The first-order chi connectivity index (χ1) is 15.5. The smallest absolute Gasteiger partial charge is 0.203 e. The predicted molar refractivity (Wildman–Crippen MR) is 116 cm³/mol. The van der Waals surface area contributed by atoms with E-state index in [9.17, 15) is 14.7 Å². The zero-order valence-corrected chi connectivity index (χ0v) is 18.6. The Morgan fingerprint density at radius 2 is 2.09 bits per heavy atom. The Hall–Kier alpha value is -3.06. The largest absolute Gasteiger partial charge is 0.409 e. The zero-order chi connectivity index (χ0) is 22.6. The number of nitrogens with zero attached hydrogens (tertiary/aromatic N) is 6. The Bertz CT molecular complexity index is 1100. The lowest BCUT2D eigenvalue weighted by molar-refractivity contribution is -0.00474. The van der Waals surface area contributed by atoms with Crippen molar-refractivity contribution >= 4 is 33.3 Å². The van der Waals surface area contributed by atoms with Crippen molar-refractivity contribution in [3.8, 4) is 0 Å². The molecule has 170 valence electrons. The maximum Gasteiger partial charge on any atom is 0.203 e. The van der Waals surface area contributed by atoms with E-state index in [1.54, 1.807) is 10.9 Å². The fourth-order valence-electron chi connectivity index (χ4n) is 3.60. The highest BCUT2D eigenvalue weighted by Gasteiger charge is 2.33. The van der Waals surface area contributed by atoms with Crippen molar-refractivity contribution in [1.82, 2.24) is 25.3 Å². The molecule has 0 spiro atoms. The van der Waals surface area contributed by atoms with Gasteiger partial charge in [0.05, 0.1) is 17.2 Å². The first-order valence-corrected chi connectivity index (χ1v) is 10.9. The van der Waals surface area contributed by atoms with Gasteiger partial charge in [0.25, 0.3) is 0 Å². The van der Waals surface area contributed by atoms with E-state index in [1.807, 2.05) is 0 Å². The SMILES string of the molecule is ON=C(Nc1ccc(F)c(Br)c1)c1nonc1NCCn1cc(C2(O)CCCCC2)nn1. The first-order valence-electron chi connectivity index (χ1n) is 10.1. The van der Waals surface area contributed by atoms with Crippen LogP contribution in [-0.4, -0.2) is 48.0 Å². The molecule has 1 fully saturated rings. The van der Waals surface area contributed by atoms with Crippen LogP contribution in [-0.2, 0) is 12.1 Å². The van der Waals surface area contributed by atoms with Crippen molar-refractivity contribution in [2.45, 2.75) is 44.2 Å². The van der Waals surface area contributed by atoms with Crippen LogP contribution in [0.4, 0.5) is 15.9 Å². The van der Waals surface area contributed by atoms with Gasteiger partial charge in [-0.05, 0) is 57.3 Å². The van der Waals surface area contributed by atoms with Gasteiger partial charge >= 0.3 is 0 Å². The summed E-state index contributed by atoms with van der Waals surface area (Å²) in [6, 6.07) is 4.23. The number of halogens is 2. The van der Waals surface area contributed by atoms with Gasteiger partial charge in [-0.25, -0.2) is 9.02 Å². The van der Waals surface area contributed by atoms with E-state index >= 15 is 0 Å². The van der Waals surface area contributed by atoms with Crippen LogP contribution in [0, 0.1) is 5.82 Å². The van der Waals surface area contributed by atoms with Gasteiger partial charge < -0.3 is 20.9 Å². The van der Waals surface area contributed by atoms with Crippen molar-refractivity contribution in [2.24, 2.45) is 5.16 Å². The van der Waals surface area contributed by atoms with Gasteiger partial charge in [0.15, 0.2) is 5.69 Å². The zero-order valence-electron chi connectivity index (χ0n) is 17.0. The molecule has 32 heavy (non-hydrogen) atoms. The van der Waals surface area contributed by atoms with Gasteiger partial charge in [-0.3, -0.25) is 4.68 Å². The number of benzene rings is 1. The van der Waals surface area contributed by atoms with Crippen molar-refractivity contribution in [1.29, 1.82) is 0 Å². The second-order valence-corrected chi connectivity index (χ2v) is 8.40. The summed E-state index contributed by atoms with van der Waals surface area (Å²) in [6.07, 6.45) is 6.22. The number of amidine groups is 1. The number of hydrogen-bond acceptors (Lipinski definition) is 9. The standard InChI is InChI=1S/C19H22BrFN8O3/c20-13-10-12(4-5-14(13)21)23-18(25-31)16-17(27-32-26-16)22-8-9-29-11-15(24-28-29)19(30)6-2-1-3-7-19/h4-5,10-11,30-31H,1-3,6-9H2,(H,22,27)(H,23,25). The summed E-state index contributed by atoms with van der Waals surface area (Å²) in [5, 5.41) is 45.1. The van der Waals surface area contributed by atoms with Crippen LogP contribution in [0.25, 0.3) is 0 Å². The molecule has 13 heteroatoms. The third-order valence-electron chi connectivity index (χ3n) is 5.32. The molecule has 0 amide bonds. The summed E-state index contributed by atoms with van der Waals surface area (Å²) in [7, 11) is 0. The number of hydrogen-bond donors (Lipinski definition) is 4. The molecule has 0 aliphatic heterocycles. The third-order valence-corrected chi connectivity index (χ3v) is 5.93. The van der Waals surface area contributed by atoms with E-state index in [0.29, 0.717) is 37.3 Å². The van der Waals surface area contributed by atoms with Gasteiger partial charge in [-0.15, -0.1) is 5.10 Å². The number of aromatic nitrogens is 5. The van der Waals surface area contributed by atoms with Crippen LogP contribution in [0.1, 0.15) is 43.5 Å². The molecule has 1 saturated carbocycles. The Morgan fingerprint density at radius 3 is 2.84 bits per heavy atom. The molecular weight excluding hydrogens is 487 g/mol. The maximum atomic E-state index is 13.4. The van der Waals surface area contributed by atoms with E-state index in [0.717, 1.165) is 19.3 Å². The molecule has 11 nitrogen and oxygen atoms in total. The molecule has 1 aromatic carbocycles. The highest BCUT2D eigenvalue weighted by atomic mass is 79.9. The Morgan fingerprint density at radius 1 is 1.28 bits per heavy atom. The van der Waals surface area contributed by atoms with E-state index < -0.39 is 11.4 Å². The first kappa shape index (κ1) is 22.1. The molecule has 1 aliphatic carbocycles. The van der Waals surface area contributed by atoms with Crippen molar-refractivity contribution in [2.75, 3.05) is 17.2 Å². The summed E-state index contributed by atoms with van der Waals surface area (Å²) in [4.78, 5) is 0. The minimum atomic E-state index is -0.902. The number of oxime groups is 1. The highest BCUT2D eigenvalue weighted by molar-refractivity contribution is 9.10. The molecular formula is C19H22BrFN8O3. The Kier molecular flexibility index (Phi) is 6.65. The number of aliphatic hydroxyl groups is 1. The van der Waals surface area contributed by atoms with E-state index in [-0.39, 0.29) is 21.8 Å². The average molecular weight is 509 g/mol. The second-order valence-electron chi connectivity index (χ2n) is 7.55. The van der Waals surface area contributed by atoms with Crippen molar-refractivity contribution < 1.29 is 19.3 Å². The lowest BCUT2D eigenvalue weighted by Gasteiger charge is -2.29. The molecule has 0 radical (unpaired) electrons. The average Bonchev–Trinajstić information content (AvgIpc) is 3.45. The number of nitrogens with one attached hydrogen (secondary N) is 2. The van der Waals surface area contributed by atoms with E-state index in [4.69, 9.17) is 4.63 Å². The minimum Gasteiger partial charge on any atom is -0.409 e. The van der Waals surface area contributed by atoms with Crippen LogP contribution in [0.2, 0.25) is 0 Å². The lowest BCUT2D eigenvalue weighted by Crippen LogP contribution is -2.28. The summed E-state index contributed by atoms with van der Waals surface area (Å²) in [5.74, 6) is -0.206. The van der Waals surface area contributed by atoms with Crippen molar-refractivity contribution in [3.05, 3.63) is 46.1 Å². The number of anilines is 2. The maximum absolute atomic E-state index is 13.4. The lowest BCUT2D eigenvalue weighted by atomic mass is 9.83. The fourth-order valence-corrected chi connectivity index (χ4v) is 3.98. The van der Waals surface area contributed by atoms with Crippen LogP contribution >= 0.6 is 15.9 Å². The molecule has 2 aromatic heterocycles. The highest BCUT2D eigenvalue weighted by Crippen LogP contribution is 2.35. The molecule has 4 N–H and O–H groups in total. The predicted octanol–water partition coefficient (Wildman–Crippen LogP) is 3.07. The molecule has 0 bridgehead atoms. The summed E-state index contributed by atoms with van der Waals surface area (Å²) in [5.41, 5.74) is 0.297. The number of rotatable bonds is 7. The van der Waals surface area contributed by atoms with Gasteiger partial charge in [0.2, 0.25) is 11.7 Å². The molecule has 0 atom stereocenters. The Labute approximate surface area is 190 Å². The monoisotopic (exact) mass is 508 g/mol. The van der Waals surface area contributed by atoms with Crippen molar-refractivity contribution in [3.63, 3.8) is 0 Å². The molecule has 0 saturated heterocycles. The molecule has 1 aliphatic rings. The Balaban J connectivity index is 1.37. The van der Waals surface area contributed by atoms with Crippen LogP contribution in [0.5, 0.6) is 0 Å². The van der Waals surface area contributed by atoms with E-state index in [2.05, 4.69) is 52.3 Å². The van der Waals surface area contributed by atoms with Gasteiger partial charge in [0, 0.05) is 12.2 Å². The van der Waals surface area contributed by atoms with Crippen LogP contribution < -0.4 is 10.6 Å². The fraction of sp³-hybridized carbons (Fsp3) is 0.421. The molecule has 3 aromatic rings. The van der Waals surface area contributed by atoms with Crippen LogP contribution in [0.15, 0.2) is 38.7 Å².